The van der Waals surface area contributed by atoms with E-state index in [1.54, 1.807) is 18.2 Å². The lowest BCUT2D eigenvalue weighted by molar-refractivity contribution is 0.249. The van der Waals surface area contributed by atoms with Crippen molar-refractivity contribution >= 4 is 39.2 Å². The zero-order valence-corrected chi connectivity index (χ0v) is 10.8. The van der Waals surface area contributed by atoms with E-state index in [0.29, 0.717) is 23.7 Å². The van der Waals surface area contributed by atoms with E-state index in [9.17, 15) is 4.79 Å². The van der Waals surface area contributed by atoms with E-state index in [1.165, 1.54) is 0 Å². The Morgan fingerprint density at radius 2 is 2.25 bits per heavy atom. The Balaban J connectivity index is 2.49. The summed E-state index contributed by atoms with van der Waals surface area (Å²) in [5.41, 5.74) is 0.548. The van der Waals surface area contributed by atoms with Gasteiger partial charge in [-0.05, 0) is 24.6 Å². The van der Waals surface area contributed by atoms with Crippen LogP contribution in [0.25, 0.3) is 0 Å². The topological polar surface area (TPSA) is 61.4 Å². The van der Waals surface area contributed by atoms with E-state index in [1.807, 2.05) is 0 Å². The molecular weight excluding hydrogens is 295 g/mol. The Morgan fingerprint density at radius 1 is 1.50 bits per heavy atom. The number of hydrogen-bond donors (Lipinski definition) is 3. The van der Waals surface area contributed by atoms with Gasteiger partial charge in [-0.15, -0.1) is 0 Å². The lowest BCUT2D eigenvalue weighted by atomic mass is 10.3. The minimum Gasteiger partial charge on any atom is -0.396 e. The summed E-state index contributed by atoms with van der Waals surface area (Å²) in [7, 11) is 0. The zero-order chi connectivity index (χ0) is 12.0. The SMILES string of the molecule is O=C(NCCCO)Nc1ccc(Br)cc1Cl. The van der Waals surface area contributed by atoms with Crippen LogP contribution in [0.15, 0.2) is 22.7 Å². The van der Waals surface area contributed by atoms with Gasteiger partial charge in [0.25, 0.3) is 0 Å². The molecule has 0 aliphatic rings. The fourth-order valence-electron chi connectivity index (χ4n) is 1.04. The average molecular weight is 308 g/mol. The van der Waals surface area contributed by atoms with Crippen molar-refractivity contribution in [3.63, 3.8) is 0 Å². The maximum absolute atomic E-state index is 11.4. The number of rotatable bonds is 4. The maximum atomic E-state index is 11.4. The fraction of sp³-hybridized carbons (Fsp3) is 0.300. The van der Waals surface area contributed by atoms with Crippen molar-refractivity contribution in [1.82, 2.24) is 5.32 Å². The number of carbonyl (C=O) groups is 1. The Bertz CT molecular complexity index is 374. The van der Waals surface area contributed by atoms with Crippen molar-refractivity contribution in [1.29, 1.82) is 0 Å². The third kappa shape index (κ3) is 4.38. The Morgan fingerprint density at radius 3 is 2.88 bits per heavy atom. The predicted molar refractivity (Wildman–Crippen MR) is 67.9 cm³/mol. The number of urea groups is 1. The van der Waals surface area contributed by atoms with Crippen LogP contribution in [0, 0.1) is 0 Å². The number of hydrogen-bond acceptors (Lipinski definition) is 2. The first-order valence-corrected chi connectivity index (χ1v) is 5.91. The molecule has 1 rings (SSSR count). The molecule has 0 aliphatic carbocycles. The Hall–Kier alpha value is -0.780. The first-order chi connectivity index (χ1) is 7.63. The van der Waals surface area contributed by atoms with Gasteiger partial charge in [-0.3, -0.25) is 0 Å². The number of halogens is 2. The number of nitrogens with one attached hydrogen (secondary N) is 2. The van der Waals surface area contributed by atoms with Crippen LogP contribution in [0.4, 0.5) is 10.5 Å². The van der Waals surface area contributed by atoms with Gasteiger partial charge in [0.1, 0.15) is 0 Å². The van der Waals surface area contributed by atoms with E-state index in [0.717, 1.165) is 4.47 Å². The van der Waals surface area contributed by atoms with Crippen LogP contribution in [-0.4, -0.2) is 24.3 Å². The molecule has 3 N–H and O–H groups in total. The van der Waals surface area contributed by atoms with Crippen molar-refractivity contribution in [2.75, 3.05) is 18.5 Å². The van der Waals surface area contributed by atoms with Crippen LogP contribution >= 0.6 is 27.5 Å². The molecule has 1 aromatic rings. The van der Waals surface area contributed by atoms with Gasteiger partial charge in [0.2, 0.25) is 0 Å². The van der Waals surface area contributed by atoms with Gasteiger partial charge >= 0.3 is 6.03 Å². The second kappa shape index (κ2) is 6.73. The van der Waals surface area contributed by atoms with Gasteiger partial charge < -0.3 is 15.7 Å². The molecule has 0 saturated heterocycles. The number of anilines is 1. The summed E-state index contributed by atoms with van der Waals surface area (Å²) in [5.74, 6) is 0. The third-order valence-corrected chi connectivity index (χ3v) is 2.61. The molecule has 1 aromatic carbocycles. The van der Waals surface area contributed by atoms with Crippen LogP contribution in [0.3, 0.4) is 0 Å². The van der Waals surface area contributed by atoms with E-state index >= 15 is 0 Å². The highest BCUT2D eigenvalue weighted by atomic mass is 79.9. The minimum atomic E-state index is -0.335. The minimum absolute atomic E-state index is 0.0549. The normalized spacial score (nSPS) is 9.94. The lowest BCUT2D eigenvalue weighted by Gasteiger charge is -2.08. The molecule has 0 aliphatic heterocycles. The maximum Gasteiger partial charge on any atom is 0.319 e. The van der Waals surface area contributed by atoms with E-state index in [-0.39, 0.29) is 12.6 Å². The molecule has 16 heavy (non-hydrogen) atoms. The zero-order valence-electron chi connectivity index (χ0n) is 8.46. The van der Waals surface area contributed by atoms with Crippen LogP contribution in [-0.2, 0) is 0 Å². The molecule has 6 heteroatoms. The van der Waals surface area contributed by atoms with Crippen molar-refractivity contribution in [3.8, 4) is 0 Å². The highest BCUT2D eigenvalue weighted by Gasteiger charge is 2.04. The van der Waals surface area contributed by atoms with Gasteiger partial charge in [-0.2, -0.15) is 0 Å². The molecule has 0 atom stereocenters. The van der Waals surface area contributed by atoms with Gasteiger partial charge in [-0.1, -0.05) is 27.5 Å². The smallest absolute Gasteiger partial charge is 0.319 e. The van der Waals surface area contributed by atoms with Gasteiger partial charge in [-0.25, -0.2) is 4.79 Å². The summed E-state index contributed by atoms with van der Waals surface area (Å²) in [5, 5.41) is 14.2. The second-order valence-electron chi connectivity index (χ2n) is 3.08. The van der Waals surface area contributed by atoms with Crippen molar-refractivity contribution in [2.24, 2.45) is 0 Å². The molecular formula is C10H12BrClN2O2. The van der Waals surface area contributed by atoms with Crippen LogP contribution < -0.4 is 10.6 Å². The quantitative estimate of drug-likeness (QED) is 0.749. The average Bonchev–Trinajstić information content (AvgIpc) is 2.23. The second-order valence-corrected chi connectivity index (χ2v) is 4.41. The third-order valence-electron chi connectivity index (χ3n) is 1.80. The molecule has 0 unspecified atom stereocenters. The molecule has 88 valence electrons. The standard InChI is InChI=1S/C10H12BrClN2O2/c11-7-2-3-9(8(12)6-7)14-10(16)13-4-1-5-15/h2-3,6,15H,1,4-5H2,(H2,13,14,16). The number of aliphatic hydroxyl groups excluding tert-OH is 1. The van der Waals surface area contributed by atoms with Crippen molar-refractivity contribution in [3.05, 3.63) is 27.7 Å². The Labute approximate surface area is 107 Å². The van der Waals surface area contributed by atoms with Crippen LogP contribution in [0.2, 0.25) is 5.02 Å². The molecule has 0 saturated carbocycles. The Kier molecular flexibility index (Phi) is 5.59. The summed E-state index contributed by atoms with van der Waals surface area (Å²) < 4.78 is 0.851. The predicted octanol–water partition coefficient (Wildman–Crippen LogP) is 2.61. The van der Waals surface area contributed by atoms with Gasteiger partial charge in [0.05, 0.1) is 10.7 Å². The summed E-state index contributed by atoms with van der Waals surface area (Å²) in [6, 6.07) is 4.86. The summed E-state index contributed by atoms with van der Waals surface area (Å²) >= 11 is 9.20. The summed E-state index contributed by atoms with van der Waals surface area (Å²) in [6.45, 7) is 0.482. The molecule has 0 bridgehead atoms. The van der Waals surface area contributed by atoms with E-state index < -0.39 is 0 Å². The van der Waals surface area contributed by atoms with Crippen LogP contribution in [0.5, 0.6) is 0 Å². The molecule has 4 nitrogen and oxygen atoms in total. The first-order valence-electron chi connectivity index (χ1n) is 4.74. The number of carbonyl (C=O) groups excluding carboxylic acids is 1. The van der Waals surface area contributed by atoms with E-state index in [2.05, 4.69) is 26.6 Å². The summed E-state index contributed by atoms with van der Waals surface area (Å²) in [4.78, 5) is 11.4. The number of benzene rings is 1. The number of amides is 2. The van der Waals surface area contributed by atoms with Crippen molar-refractivity contribution in [2.45, 2.75) is 6.42 Å². The molecule has 0 spiro atoms. The molecule has 2 amide bonds. The molecule has 0 radical (unpaired) electrons. The van der Waals surface area contributed by atoms with Crippen molar-refractivity contribution < 1.29 is 9.90 Å². The molecule has 0 heterocycles. The number of aliphatic hydroxyl groups is 1. The lowest BCUT2D eigenvalue weighted by Crippen LogP contribution is -2.30. The van der Waals surface area contributed by atoms with Gasteiger partial charge in [0.15, 0.2) is 0 Å². The highest BCUT2D eigenvalue weighted by molar-refractivity contribution is 9.10. The summed E-state index contributed by atoms with van der Waals surface area (Å²) in [6.07, 6.45) is 0.529. The monoisotopic (exact) mass is 306 g/mol. The van der Waals surface area contributed by atoms with E-state index in [4.69, 9.17) is 16.7 Å². The highest BCUT2D eigenvalue weighted by Crippen LogP contribution is 2.25. The largest absolute Gasteiger partial charge is 0.396 e. The fourth-order valence-corrected chi connectivity index (χ4v) is 1.76. The van der Waals surface area contributed by atoms with Gasteiger partial charge in [0, 0.05) is 17.6 Å². The molecule has 0 fully saturated rings. The first kappa shape index (κ1) is 13.3. The van der Waals surface area contributed by atoms with Crippen LogP contribution in [0.1, 0.15) is 6.42 Å². The molecule has 0 aromatic heterocycles.